The normalized spacial score (nSPS) is 10.6. The van der Waals surface area contributed by atoms with E-state index in [4.69, 9.17) is 0 Å². The SMILES string of the molecule is CCCNCc1ccccc1-c1cccc(Br)c1. The summed E-state index contributed by atoms with van der Waals surface area (Å²) in [5, 5.41) is 3.46. The Hall–Kier alpha value is -1.12. The molecule has 0 fully saturated rings. The van der Waals surface area contributed by atoms with Crippen molar-refractivity contribution in [1.82, 2.24) is 5.32 Å². The van der Waals surface area contributed by atoms with Gasteiger partial charge in [0, 0.05) is 11.0 Å². The van der Waals surface area contributed by atoms with Gasteiger partial charge in [-0.2, -0.15) is 0 Å². The van der Waals surface area contributed by atoms with Gasteiger partial charge in [-0.1, -0.05) is 59.3 Å². The van der Waals surface area contributed by atoms with Crippen molar-refractivity contribution in [2.24, 2.45) is 0 Å². The first-order valence-electron chi connectivity index (χ1n) is 6.36. The Morgan fingerprint density at radius 1 is 1.06 bits per heavy atom. The van der Waals surface area contributed by atoms with Gasteiger partial charge in [-0.25, -0.2) is 0 Å². The lowest BCUT2D eigenvalue weighted by atomic mass is 10.00. The van der Waals surface area contributed by atoms with E-state index in [0.29, 0.717) is 0 Å². The fourth-order valence-corrected chi connectivity index (χ4v) is 2.41. The Labute approximate surface area is 117 Å². The predicted molar refractivity (Wildman–Crippen MR) is 81.6 cm³/mol. The van der Waals surface area contributed by atoms with Gasteiger partial charge in [0.25, 0.3) is 0 Å². The summed E-state index contributed by atoms with van der Waals surface area (Å²) in [5.74, 6) is 0. The lowest BCUT2D eigenvalue weighted by molar-refractivity contribution is 0.676. The summed E-state index contributed by atoms with van der Waals surface area (Å²) in [5.41, 5.74) is 3.92. The summed E-state index contributed by atoms with van der Waals surface area (Å²) in [4.78, 5) is 0. The first-order valence-corrected chi connectivity index (χ1v) is 7.15. The van der Waals surface area contributed by atoms with Crippen LogP contribution in [-0.4, -0.2) is 6.54 Å². The van der Waals surface area contributed by atoms with Crippen LogP contribution in [0, 0.1) is 0 Å². The van der Waals surface area contributed by atoms with E-state index in [9.17, 15) is 0 Å². The number of rotatable bonds is 5. The van der Waals surface area contributed by atoms with Crippen molar-refractivity contribution < 1.29 is 0 Å². The summed E-state index contributed by atoms with van der Waals surface area (Å²) in [7, 11) is 0. The highest BCUT2D eigenvalue weighted by atomic mass is 79.9. The van der Waals surface area contributed by atoms with E-state index in [-0.39, 0.29) is 0 Å². The summed E-state index contributed by atoms with van der Waals surface area (Å²) in [6.45, 7) is 4.18. The zero-order valence-electron chi connectivity index (χ0n) is 10.6. The molecule has 2 rings (SSSR count). The van der Waals surface area contributed by atoms with Gasteiger partial charge in [0.1, 0.15) is 0 Å². The van der Waals surface area contributed by atoms with Crippen molar-refractivity contribution in [3.63, 3.8) is 0 Å². The molecule has 0 heterocycles. The molecule has 0 unspecified atom stereocenters. The highest BCUT2D eigenvalue weighted by Crippen LogP contribution is 2.26. The van der Waals surface area contributed by atoms with E-state index >= 15 is 0 Å². The molecule has 0 spiro atoms. The average Bonchev–Trinajstić information content (AvgIpc) is 2.40. The molecule has 0 bridgehead atoms. The van der Waals surface area contributed by atoms with Crippen LogP contribution in [0.25, 0.3) is 11.1 Å². The van der Waals surface area contributed by atoms with Crippen molar-refractivity contribution >= 4 is 15.9 Å². The minimum atomic E-state index is 0.927. The largest absolute Gasteiger partial charge is 0.313 e. The number of nitrogens with one attached hydrogen (secondary N) is 1. The smallest absolute Gasteiger partial charge is 0.0211 e. The molecule has 0 aliphatic carbocycles. The van der Waals surface area contributed by atoms with Gasteiger partial charge in [0.15, 0.2) is 0 Å². The highest BCUT2D eigenvalue weighted by molar-refractivity contribution is 9.10. The Morgan fingerprint density at radius 3 is 2.67 bits per heavy atom. The summed E-state index contributed by atoms with van der Waals surface area (Å²) < 4.78 is 1.12. The molecule has 2 heteroatoms. The summed E-state index contributed by atoms with van der Waals surface area (Å²) in [6.07, 6.45) is 1.17. The molecule has 2 aromatic rings. The third-order valence-electron chi connectivity index (χ3n) is 2.90. The Morgan fingerprint density at radius 2 is 1.89 bits per heavy atom. The van der Waals surface area contributed by atoms with E-state index in [1.54, 1.807) is 0 Å². The maximum absolute atomic E-state index is 3.53. The van der Waals surface area contributed by atoms with Gasteiger partial charge in [0.05, 0.1) is 0 Å². The molecule has 0 saturated carbocycles. The molecule has 1 N–H and O–H groups in total. The van der Waals surface area contributed by atoms with Crippen molar-refractivity contribution in [2.45, 2.75) is 19.9 Å². The van der Waals surface area contributed by atoms with Crippen LogP contribution in [0.2, 0.25) is 0 Å². The molecular weight excluding hydrogens is 286 g/mol. The second-order valence-electron chi connectivity index (χ2n) is 4.34. The molecule has 18 heavy (non-hydrogen) atoms. The third-order valence-corrected chi connectivity index (χ3v) is 3.39. The summed E-state index contributed by atoms with van der Waals surface area (Å²) in [6, 6.07) is 17.0. The fourth-order valence-electron chi connectivity index (χ4n) is 2.01. The van der Waals surface area contributed by atoms with Crippen LogP contribution in [0.15, 0.2) is 53.0 Å². The van der Waals surface area contributed by atoms with Crippen LogP contribution in [0.4, 0.5) is 0 Å². The Kier molecular flexibility index (Phi) is 4.97. The van der Waals surface area contributed by atoms with Crippen LogP contribution < -0.4 is 5.32 Å². The molecular formula is C16H18BrN. The summed E-state index contributed by atoms with van der Waals surface area (Å²) >= 11 is 3.53. The van der Waals surface area contributed by atoms with E-state index in [2.05, 4.69) is 76.7 Å². The molecule has 1 nitrogen and oxygen atoms in total. The Bertz CT molecular complexity index is 508. The second kappa shape index (κ2) is 6.72. The predicted octanol–water partition coefficient (Wildman–Crippen LogP) is 4.62. The minimum absolute atomic E-state index is 0.927. The average molecular weight is 304 g/mol. The molecule has 0 aliphatic heterocycles. The quantitative estimate of drug-likeness (QED) is 0.795. The van der Waals surface area contributed by atoms with E-state index in [1.165, 1.54) is 23.1 Å². The lowest BCUT2D eigenvalue weighted by Gasteiger charge is -2.10. The zero-order chi connectivity index (χ0) is 12.8. The van der Waals surface area contributed by atoms with Crippen molar-refractivity contribution in [1.29, 1.82) is 0 Å². The third kappa shape index (κ3) is 3.44. The second-order valence-corrected chi connectivity index (χ2v) is 5.26. The highest BCUT2D eigenvalue weighted by Gasteiger charge is 2.04. The molecule has 0 atom stereocenters. The van der Waals surface area contributed by atoms with Crippen LogP contribution in [0.3, 0.4) is 0 Å². The molecule has 0 aromatic heterocycles. The van der Waals surface area contributed by atoms with Crippen molar-refractivity contribution in [3.05, 3.63) is 58.6 Å². The molecule has 0 aliphatic rings. The van der Waals surface area contributed by atoms with Crippen molar-refractivity contribution in [3.8, 4) is 11.1 Å². The molecule has 0 radical (unpaired) electrons. The van der Waals surface area contributed by atoms with Gasteiger partial charge >= 0.3 is 0 Å². The molecule has 2 aromatic carbocycles. The number of hydrogen-bond acceptors (Lipinski definition) is 1. The van der Waals surface area contributed by atoms with Gasteiger partial charge < -0.3 is 5.32 Å². The van der Waals surface area contributed by atoms with Crippen LogP contribution >= 0.6 is 15.9 Å². The van der Waals surface area contributed by atoms with Gasteiger partial charge in [-0.3, -0.25) is 0 Å². The standard InChI is InChI=1S/C16H18BrN/c1-2-10-18-12-14-6-3-4-9-16(14)13-7-5-8-15(17)11-13/h3-9,11,18H,2,10,12H2,1H3. The van der Waals surface area contributed by atoms with E-state index in [1.807, 2.05) is 0 Å². The van der Waals surface area contributed by atoms with Gasteiger partial charge in [-0.05, 0) is 41.8 Å². The van der Waals surface area contributed by atoms with Crippen LogP contribution in [-0.2, 0) is 6.54 Å². The van der Waals surface area contributed by atoms with Gasteiger partial charge in [-0.15, -0.1) is 0 Å². The maximum atomic E-state index is 3.53. The van der Waals surface area contributed by atoms with E-state index in [0.717, 1.165) is 17.6 Å². The molecule has 94 valence electrons. The van der Waals surface area contributed by atoms with Crippen molar-refractivity contribution in [2.75, 3.05) is 6.54 Å². The number of hydrogen-bond donors (Lipinski definition) is 1. The minimum Gasteiger partial charge on any atom is -0.313 e. The number of halogens is 1. The topological polar surface area (TPSA) is 12.0 Å². The fraction of sp³-hybridized carbons (Fsp3) is 0.250. The first-order chi connectivity index (χ1) is 8.81. The van der Waals surface area contributed by atoms with E-state index < -0.39 is 0 Å². The Balaban J connectivity index is 2.27. The maximum Gasteiger partial charge on any atom is 0.0211 e. The first kappa shape index (κ1) is 13.3. The zero-order valence-corrected chi connectivity index (χ0v) is 12.2. The van der Waals surface area contributed by atoms with Crippen LogP contribution in [0.1, 0.15) is 18.9 Å². The number of benzene rings is 2. The van der Waals surface area contributed by atoms with Crippen LogP contribution in [0.5, 0.6) is 0 Å². The molecule has 0 amide bonds. The lowest BCUT2D eigenvalue weighted by Crippen LogP contribution is -2.14. The molecule has 0 saturated heterocycles. The monoisotopic (exact) mass is 303 g/mol. The van der Waals surface area contributed by atoms with Gasteiger partial charge in [0.2, 0.25) is 0 Å².